The number of carbonyl (C=O) groups excluding carboxylic acids is 2. The first-order valence-electron chi connectivity index (χ1n) is 18.0. The number of nitrogens with two attached hydrogens (primary N) is 1. The van der Waals surface area contributed by atoms with Gasteiger partial charge in [-0.25, -0.2) is 4.39 Å². The Morgan fingerprint density at radius 1 is 1.00 bits per heavy atom. The number of amides is 2. The first-order valence-corrected chi connectivity index (χ1v) is 18.0. The van der Waals surface area contributed by atoms with Gasteiger partial charge in [-0.2, -0.15) is 5.10 Å². The number of morpholine rings is 1. The molecule has 1 aliphatic heterocycles. The lowest BCUT2D eigenvalue weighted by molar-refractivity contribution is -0.0166. The van der Waals surface area contributed by atoms with Crippen LogP contribution in [-0.4, -0.2) is 76.5 Å². The summed E-state index contributed by atoms with van der Waals surface area (Å²) in [6.07, 6.45) is 11.0. The van der Waals surface area contributed by atoms with E-state index < -0.39 is 11.7 Å². The zero-order chi connectivity index (χ0) is 35.1. The fraction of sp³-hybridized carbons (Fsp3) is 0.474. The van der Waals surface area contributed by atoms with E-state index in [9.17, 15) is 9.59 Å². The highest BCUT2D eigenvalue weighted by Gasteiger charge is 2.51. The molecule has 5 fully saturated rings. The van der Waals surface area contributed by atoms with Crippen molar-refractivity contribution in [1.29, 1.82) is 0 Å². The Morgan fingerprint density at radius 3 is 2.45 bits per heavy atom. The number of hydrogen-bond donors (Lipinski definition) is 3. The monoisotopic (exact) mass is 697 g/mol. The lowest BCUT2D eigenvalue weighted by atomic mass is 9.53. The standard InChI is InChI=1S/C38H44FN7O5/c1-45-22-29(37(48)43-38-19-23-13-24(20-38)15-25(14-23)21-38)36(44-45)42-26-3-4-33(30(39)16-26)51-32-5-6-41-31-18-34(28(35(40)47)17-27(31)32)50-10-2-7-46-8-11-49-12-9-46/h3-6,16-18,22-25H,2,7-15,19-21H2,1H3,(H2,40,47)(H,42,44)(H,43,48). The Bertz CT molecular complexity index is 1920. The number of halogens is 1. The predicted octanol–water partition coefficient (Wildman–Crippen LogP) is 5.54. The number of aromatic nitrogens is 3. The van der Waals surface area contributed by atoms with E-state index in [4.69, 9.17) is 19.9 Å². The van der Waals surface area contributed by atoms with Crippen LogP contribution in [0.3, 0.4) is 0 Å². The molecule has 4 aliphatic carbocycles. The molecule has 2 aromatic carbocycles. The van der Waals surface area contributed by atoms with Gasteiger partial charge in [-0.1, -0.05) is 0 Å². The van der Waals surface area contributed by atoms with Crippen molar-refractivity contribution >= 4 is 34.2 Å². The minimum absolute atomic E-state index is 0.0297. The SMILES string of the molecule is Cn1cc(C(=O)NC23CC4CC(CC(C4)C2)C3)c(Nc2ccc(Oc3ccnc4cc(OCCCN5CCOCC5)c(C(N)=O)cc34)c(F)c2)n1. The van der Waals surface area contributed by atoms with Crippen molar-refractivity contribution in [3.05, 3.63) is 65.7 Å². The number of benzene rings is 2. The quantitative estimate of drug-likeness (QED) is 0.163. The highest BCUT2D eigenvalue weighted by atomic mass is 19.1. The summed E-state index contributed by atoms with van der Waals surface area (Å²) in [5, 5.41) is 11.5. The fourth-order valence-corrected chi connectivity index (χ4v) is 9.08. The average Bonchev–Trinajstić information content (AvgIpc) is 3.47. The fourth-order valence-electron chi connectivity index (χ4n) is 9.08. The highest BCUT2D eigenvalue weighted by molar-refractivity contribution is 6.01. The van der Waals surface area contributed by atoms with Crippen molar-refractivity contribution in [2.24, 2.45) is 30.5 Å². The number of aryl methyl sites for hydroxylation is 1. The highest BCUT2D eigenvalue weighted by Crippen LogP contribution is 2.55. The molecule has 5 aliphatic rings. The molecule has 4 N–H and O–H groups in total. The van der Waals surface area contributed by atoms with Crippen LogP contribution in [0.2, 0.25) is 0 Å². The van der Waals surface area contributed by atoms with Gasteiger partial charge in [0, 0.05) is 67.8 Å². The summed E-state index contributed by atoms with van der Waals surface area (Å²) < 4.78 is 34.6. The van der Waals surface area contributed by atoms with E-state index in [1.165, 1.54) is 31.4 Å². The molecule has 2 aromatic heterocycles. The number of nitrogens with one attached hydrogen (secondary N) is 2. The molecule has 12 nitrogen and oxygen atoms in total. The molecule has 1 saturated heterocycles. The van der Waals surface area contributed by atoms with Crippen molar-refractivity contribution < 1.29 is 28.2 Å². The summed E-state index contributed by atoms with van der Waals surface area (Å²) >= 11 is 0. The number of nitrogens with zero attached hydrogens (tertiary/aromatic N) is 4. The molecule has 2 amide bonds. The molecule has 0 atom stereocenters. The molecule has 13 heteroatoms. The lowest BCUT2D eigenvalue weighted by Gasteiger charge is -2.56. The molecular formula is C38H44FN7O5. The Kier molecular flexibility index (Phi) is 9.01. The second-order valence-electron chi connectivity index (χ2n) is 14.8. The first-order chi connectivity index (χ1) is 24.7. The van der Waals surface area contributed by atoms with Gasteiger partial charge in [-0.05, 0) is 87.0 Å². The van der Waals surface area contributed by atoms with E-state index in [1.54, 1.807) is 48.4 Å². The minimum atomic E-state index is -0.656. The molecule has 0 unspecified atom stereocenters. The minimum Gasteiger partial charge on any atom is -0.493 e. The second kappa shape index (κ2) is 13.8. The second-order valence-corrected chi connectivity index (χ2v) is 14.8. The van der Waals surface area contributed by atoms with Crippen LogP contribution in [0.5, 0.6) is 17.2 Å². The maximum absolute atomic E-state index is 15.6. The largest absolute Gasteiger partial charge is 0.493 e. The summed E-state index contributed by atoms with van der Waals surface area (Å²) in [5.41, 5.74) is 7.12. The van der Waals surface area contributed by atoms with Crippen LogP contribution in [-0.2, 0) is 11.8 Å². The van der Waals surface area contributed by atoms with Gasteiger partial charge in [0.1, 0.15) is 17.1 Å². The van der Waals surface area contributed by atoms with Crippen LogP contribution in [0, 0.1) is 23.6 Å². The molecule has 0 spiro atoms. The maximum Gasteiger partial charge on any atom is 0.257 e. The Balaban J connectivity index is 0.955. The topological polar surface area (TPSA) is 146 Å². The number of ether oxygens (including phenoxy) is 3. The van der Waals surface area contributed by atoms with Gasteiger partial charge in [-0.15, -0.1) is 0 Å². The van der Waals surface area contributed by atoms with Crippen LogP contribution in [0.1, 0.15) is 65.7 Å². The normalized spacial score (nSPS) is 24.1. The first kappa shape index (κ1) is 33.4. The van der Waals surface area contributed by atoms with Crippen molar-refractivity contribution in [3.8, 4) is 17.2 Å². The number of fused-ring (bicyclic) bond motifs is 1. The van der Waals surface area contributed by atoms with E-state index in [1.807, 2.05) is 0 Å². The molecule has 268 valence electrons. The maximum atomic E-state index is 15.6. The smallest absolute Gasteiger partial charge is 0.257 e. The molecule has 9 rings (SSSR count). The molecule has 4 saturated carbocycles. The summed E-state index contributed by atoms with van der Waals surface area (Å²) in [6.45, 7) is 4.49. The third kappa shape index (κ3) is 7.09. The van der Waals surface area contributed by atoms with Crippen molar-refractivity contribution in [2.45, 2.75) is 50.5 Å². The van der Waals surface area contributed by atoms with Crippen LogP contribution < -0.4 is 25.8 Å². The van der Waals surface area contributed by atoms with Crippen LogP contribution in [0.4, 0.5) is 15.9 Å². The van der Waals surface area contributed by atoms with Crippen molar-refractivity contribution in [3.63, 3.8) is 0 Å². The molecule has 3 heterocycles. The van der Waals surface area contributed by atoms with E-state index in [2.05, 4.69) is 25.6 Å². The number of rotatable bonds is 12. The van der Waals surface area contributed by atoms with Gasteiger partial charge >= 0.3 is 0 Å². The summed E-state index contributed by atoms with van der Waals surface area (Å²) in [6, 6.07) is 9.29. The van der Waals surface area contributed by atoms with E-state index in [-0.39, 0.29) is 22.8 Å². The Hall–Kier alpha value is -4.75. The van der Waals surface area contributed by atoms with Crippen LogP contribution in [0.25, 0.3) is 10.9 Å². The number of pyridine rings is 1. The lowest BCUT2D eigenvalue weighted by Crippen LogP contribution is -2.59. The van der Waals surface area contributed by atoms with E-state index >= 15 is 4.39 Å². The van der Waals surface area contributed by atoms with Gasteiger partial charge in [0.05, 0.1) is 30.9 Å². The van der Waals surface area contributed by atoms with Gasteiger partial charge in [0.2, 0.25) is 0 Å². The number of primary amides is 1. The van der Waals surface area contributed by atoms with Gasteiger partial charge < -0.3 is 30.6 Å². The Morgan fingerprint density at radius 2 is 1.75 bits per heavy atom. The van der Waals surface area contributed by atoms with Crippen molar-refractivity contribution in [1.82, 2.24) is 25.0 Å². The Labute approximate surface area is 295 Å². The number of anilines is 2. The van der Waals surface area contributed by atoms with Gasteiger partial charge in [0.15, 0.2) is 17.4 Å². The van der Waals surface area contributed by atoms with Crippen molar-refractivity contribution in [2.75, 3.05) is 44.8 Å². The van der Waals surface area contributed by atoms with Gasteiger partial charge in [-0.3, -0.25) is 24.2 Å². The summed E-state index contributed by atoms with van der Waals surface area (Å²) in [5.74, 6) is 1.63. The van der Waals surface area contributed by atoms with Crippen LogP contribution >= 0.6 is 0 Å². The summed E-state index contributed by atoms with van der Waals surface area (Å²) in [7, 11) is 1.76. The zero-order valence-electron chi connectivity index (χ0n) is 28.8. The third-order valence-corrected chi connectivity index (χ3v) is 11.0. The molecule has 51 heavy (non-hydrogen) atoms. The summed E-state index contributed by atoms with van der Waals surface area (Å²) in [4.78, 5) is 32.8. The van der Waals surface area contributed by atoms with Gasteiger partial charge in [0.25, 0.3) is 11.8 Å². The molecule has 4 aromatic rings. The zero-order valence-corrected chi connectivity index (χ0v) is 28.8. The molecular weight excluding hydrogens is 653 g/mol. The van der Waals surface area contributed by atoms with E-state index in [0.29, 0.717) is 63.8 Å². The average molecular weight is 698 g/mol. The number of carbonyl (C=O) groups is 2. The number of hydrogen-bond acceptors (Lipinski definition) is 9. The molecule has 4 bridgehead atoms. The third-order valence-electron chi connectivity index (χ3n) is 11.0. The molecule has 0 radical (unpaired) electrons. The van der Waals surface area contributed by atoms with E-state index in [0.717, 1.165) is 58.5 Å². The predicted molar refractivity (Wildman–Crippen MR) is 189 cm³/mol. The van der Waals surface area contributed by atoms with Crippen LogP contribution in [0.15, 0.2) is 48.8 Å².